The smallest absolute Gasteiger partial charge is 0.433 e. The van der Waals surface area contributed by atoms with E-state index in [9.17, 15) is 35.1 Å². The highest BCUT2D eigenvalue weighted by atomic mass is 16.7. The van der Waals surface area contributed by atoms with Crippen LogP contribution in [0.2, 0.25) is 0 Å². The van der Waals surface area contributed by atoms with Gasteiger partial charge in [-0.2, -0.15) is 0 Å². The number of nitrogens with one attached hydrogen (secondary N) is 1. The SMILES string of the molecule is COc1c([N+](=O)[O-])cc(NC(=O)c2ccc([N+](=O)[O-])o2)cc1[N+](=O)[O-]. The van der Waals surface area contributed by atoms with Crippen molar-refractivity contribution >= 4 is 28.9 Å². The van der Waals surface area contributed by atoms with Crippen molar-refractivity contribution < 1.29 is 28.7 Å². The van der Waals surface area contributed by atoms with Crippen molar-refractivity contribution in [3.8, 4) is 5.75 Å². The van der Waals surface area contributed by atoms with Crippen molar-refractivity contribution in [1.82, 2.24) is 0 Å². The maximum Gasteiger partial charge on any atom is 0.433 e. The molecule has 1 amide bonds. The highest BCUT2D eigenvalue weighted by Crippen LogP contribution is 2.39. The Hall–Kier alpha value is -4.03. The first-order valence-corrected chi connectivity index (χ1v) is 6.31. The number of amides is 1. The Morgan fingerprint density at radius 3 is 2.00 bits per heavy atom. The lowest BCUT2D eigenvalue weighted by Gasteiger charge is -2.07. The Morgan fingerprint density at radius 1 is 1.04 bits per heavy atom. The van der Waals surface area contributed by atoms with Gasteiger partial charge in [-0.15, -0.1) is 0 Å². The van der Waals surface area contributed by atoms with E-state index in [0.29, 0.717) is 0 Å². The van der Waals surface area contributed by atoms with Gasteiger partial charge < -0.3 is 14.5 Å². The number of hydrogen-bond acceptors (Lipinski definition) is 9. The van der Waals surface area contributed by atoms with Gasteiger partial charge in [-0.1, -0.05) is 0 Å². The van der Waals surface area contributed by atoms with Gasteiger partial charge in [0.25, 0.3) is 11.7 Å². The molecule has 0 aliphatic heterocycles. The predicted octanol–water partition coefficient (Wildman–Crippen LogP) is 2.27. The third-order valence-corrected chi connectivity index (χ3v) is 2.90. The maximum atomic E-state index is 12.0. The lowest BCUT2D eigenvalue weighted by atomic mass is 10.2. The number of furan rings is 1. The molecule has 0 saturated heterocycles. The highest BCUT2D eigenvalue weighted by molar-refractivity contribution is 6.03. The molecule has 1 aromatic carbocycles. The van der Waals surface area contributed by atoms with Crippen LogP contribution in [0.15, 0.2) is 28.7 Å². The summed E-state index contributed by atoms with van der Waals surface area (Å²) in [7, 11) is 1.02. The fraction of sp³-hybridized carbons (Fsp3) is 0.0833. The number of rotatable bonds is 6. The van der Waals surface area contributed by atoms with Gasteiger partial charge in [0.15, 0.2) is 5.76 Å². The molecule has 130 valence electrons. The van der Waals surface area contributed by atoms with E-state index >= 15 is 0 Å². The van der Waals surface area contributed by atoms with E-state index in [4.69, 9.17) is 0 Å². The number of hydrogen-bond donors (Lipinski definition) is 1. The summed E-state index contributed by atoms with van der Waals surface area (Å²) < 4.78 is 9.36. The molecule has 25 heavy (non-hydrogen) atoms. The molecule has 0 unspecified atom stereocenters. The van der Waals surface area contributed by atoms with Crippen LogP contribution in [-0.4, -0.2) is 27.8 Å². The van der Waals surface area contributed by atoms with Gasteiger partial charge in [0.05, 0.1) is 28.7 Å². The van der Waals surface area contributed by atoms with Crippen molar-refractivity contribution in [2.45, 2.75) is 0 Å². The van der Waals surface area contributed by atoms with Crippen molar-refractivity contribution in [2.24, 2.45) is 0 Å². The molecule has 0 aliphatic rings. The van der Waals surface area contributed by atoms with E-state index < -0.39 is 49.4 Å². The fourth-order valence-electron chi connectivity index (χ4n) is 1.89. The lowest BCUT2D eigenvalue weighted by Crippen LogP contribution is -2.12. The van der Waals surface area contributed by atoms with E-state index in [2.05, 4.69) is 14.5 Å². The van der Waals surface area contributed by atoms with Crippen LogP contribution in [0.25, 0.3) is 0 Å². The van der Waals surface area contributed by atoms with Crippen LogP contribution in [-0.2, 0) is 0 Å². The average Bonchev–Trinajstić information content (AvgIpc) is 3.04. The van der Waals surface area contributed by atoms with Gasteiger partial charge in [-0.25, -0.2) is 0 Å². The molecular weight excluding hydrogens is 344 g/mol. The summed E-state index contributed by atoms with van der Waals surface area (Å²) in [6, 6.07) is 3.65. The number of nitrogens with zero attached hydrogens (tertiary/aromatic N) is 3. The second kappa shape index (κ2) is 6.61. The molecule has 13 heteroatoms. The zero-order valence-corrected chi connectivity index (χ0v) is 12.3. The third kappa shape index (κ3) is 3.49. The lowest BCUT2D eigenvalue weighted by molar-refractivity contribution is -0.402. The Labute approximate surface area is 137 Å². The first-order valence-electron chi connectivity index (χ1n) is 6.31. The molecular formula is C12H8N4O9. The predicted molar refractivity (Wildman–Crippen MR) is 79.6 cm³/mol. The Kier molecular flexibility index (Phi) is 4.58. The van der Waals surface area contributed by atoms with E-state index in [1.165, 1.54) is 0 Å². The zero-order chi connectivity index (χ0) is 18.7. The summed E-state index contributed by atoms with van der Waals surface area (Å²) >= 11 is 0. The van der Waals surface area contributed by atoms with E-state index in [1.54, 1.807) is 0 Å². The van der Waals surface area contributed by atoms with Crippen LogP contribution in [0.1, 0.15) is 10.6 Å². The Bertz CT molecular complexity index is 853. The molecule has 0 bridgehead atoms. The third-order valence-electron chi connectivity index (χ3n) is 2.90. The minimum atomic E-state index is -0.984. The summed E-state index contributed by atoms with van der Waals surface area (Å²) in [6.45, 7) is 0. The summed E-state index contributed by atoms with van der Waals surface area (Å²) in [4.78, 5) is 41.9. The molecule has 13 nitrogen and oxygen atoms in total. The van der Waals surface area contributed by atoms with Gasteiger partial charge in [-0.3, -0.25) is 35.1 Å². The molecule has 2 aromatic rings. The molecule has 0 fully saturated rings. The van der Waals surface area contributed by atoms with Gasteiger partial charge in [-0.05, 0) is 6.07 Å². The number of anilines is 1. The standard InChI is InChI=1S/C12H8N4O9/c1-24-11-7(14(18)19)4-6(5-8(11)15(20)21)13-12(17)9-2-3-10(25-9)16(22)23/h2-5H,1H3,(H,13,17). The summed E-state index contributed by atoms with van der Waals surface area (Å²) in [5.74, 6) is -2.70. The number of nitro groups is 3. The molecule has 1 heterocycles. The molecule has 0 spiro atoms. The molecule has 1 aromatic heterocycles. The molecule has 1 N–H and O–H groups in total. The number of ether oxygens (including phenoxy) is 1. The molecule has 0 radical (unpaired) electrons. The number of carbonyl (C=O) groups is 1. The summed E-state index contributed by atoms with van der Waals surface area (Å²) in [5.41, 5.74) is -1.77. The first-order chi connectivity index (χ1) is 11.7. The largest absolute Gasteiger partial charge is 0.485 e. The second-order valence-corrected chi connectivity index (χ2v) is 4.41. The van der Waals surface area contributed by atoms with Gasteiger partial charge in [0, 0.05) is 12.1 Å². The minimum Gasteiger partial charge on any atom is -0.485 e. The van der Waals surface area contributed by atoms with Crippen molar-refractivity contribution in [2.75, 3.05) is 12.4 Å². The summed E-state index contributed by atoms with van der Waals surface area (Å²) in [5, 5.41) is 34.7. The van der Waals surface area contributed by atoms with Gasteiger partial charge in [0.2, 0.25) is 0 Å². The quantitative estimate of drug-likeness (QED) is 0.602. The average molecular weight is 352 g/mol. The summed E-state index contributed by atoms with van der Waals surface area (Å²) in [6.07, 6.45) is 0. The number of benzene rings is 1. The van der Waals surface area contributed by atoms with Crippen LogP contribution in [0, 0.1) is 30.3 Å². The van der Waals surface area contributed by atoms with Crippen molar-refractivity contribution in [3.05, 3.63) is 60.4 Å². The minimum absolute atomic E-state index is 0.289. The zero-order valence-electron chi connectivity index (χ0n) is 12.3. The monoisotopic (exact) mass is 352 g/mol. The van der Waals surface area contributed by atoms with E-state index in [-0.39, 0.29) is 5.69 Å². The van der Waals surface area contributed by atoms with Crippen LogP contribution in [0.3, 0.4) is 0 Å². The molecule has 0 aliphatic carbocycles. The van der Waals surface area contributed by atoms with Gasteiger partial charge >= 0.3 is 17.3 Å². The highest BCUT2D eigenvalue weighted by Gasteiger charge is 2.29. The number of nitro benzene ring substituents is 2. The first kappa shape index (κ1) is 17.3. The maximum absolute atomic E-state index is 12.0. The Morgan fingerprint density at radius 2 is 1.60 bits per heavy atom. The van der Waals surface area contributed by atoms with Crippen molar-refractivity contribution in [1.29, 1.82) is 0 Å². The molecule has 0 atom stereocenters. The van der Waals surface area contributed by atoms with Crippen LogP contribution < -0.4 is 10.1 Å². The molecule has 0 saturated carbocycles. The van der Waals surface area contributed by atoms with E-state index in [0.717, 1.165) is 31.4 Å². The number of carbonyl (C=O) groups excluding carboxylic acids is 1. The van der Waals surface area contributed by atoms with Crippen LogP contribution >= 0.6 is 0 Å². The normalized spacial score (nSPS) is 10.1. The topological polar surface area (TPSA) is 181 Å². The van der Waals surface area contributed by atoms with Crippen LogP contribution in [0.4, 0.5) is 22.9 Å². The van der Waals surface area contributed by atoms with Crippen LogP contribution in [0.5, 0.6) is 5.75 Å². The second-order valence-electron chi connectivity index (χ2n) is 4.41. The van der Waals surface area contributed by atoms with Gasteiger partial charge in [0.1, 0.15) is 4.92 Å². The Balaban J connectivity index is 2.41. The fourth-order valence-corrected chi connectivity index (χ4v) is 1.89. The van der Waals surface area contributed by atoms with Crippen molar-refractivity contribution in [3.63, 3.8) is 0 Å². The van der Waals surface area contributed by atoms with E-state index in [1.807, 2.05) is 0 Å². The molecule has 2 rings (SSSR count). The number of methoxy groups -OCH3 is 1.